The van der Waals surface area contributed by atoms with Crippen LogP contribution in [0.5, 0.6) is 0 Å². The van der Waals surface area contributed by atoms with Crippen LogP contribution in [0.4, 0.5) is 0 Å². The van der Waals surface area contributed by atoms with E-state index in [1.807, 2.05) is 25.3 Å². The van der Waals surface area contributed by atoms with Gasteiger partial charge in [-0.15, -0.1) is 0 Å². The van der Waals surface area contributed by atoms with Crippen molar-refractivity contribution >= 4 is 6.08 Å². The highest BCUT2D eigenvalue weighted by atomic mass is 14.9. The average molecular weight is 188 g/mol. The Labute approximate surface area is 85.4 Å². The Morgan fingerprint density at radius 1 is 1.43 bits per heavy atom. The maximum atomic E-state index is 4.43. The van der Waals surface area contributed by atoms with Crippen LogP contribution in [0.3, 0.4) is 0 Å². The van der Waals surface area contributed by atoms with E-state index in [-0.39, 0.29) is 0 Å². The minimum atomic E-state index is 0.381. The standard InChI is InChI=1S/C12H16N2/c1-5-6-7-11-8-13-12(9(2)3)14-10(11)4/h5-9H,1H2,2-4H3/b7-6-. The molecule has 2 heteroatoms. The van der Waals surface area contributed by atoms with Gasteiger partial charge in [0.05, 0.1) is 0 Å². The molecule has 0 saturated heterocycles. The third-order valence-corrected chi connectivity index (χ3v) is 1.96. The van der Waals surface area contributed by atoms with Crippen molar-refractivity contribution in [1.82, 2.24) is 9.97 Å². The topological polar surface area (TPSA) is 25.8 Å². The fraction of sp³-hybridized carbons (Fsp3) is 0.333. The molecular formula is C12H16N2. The summed E-state index contributed by atoms with van der Waals surface area (Å²) in [6.45, 7) is 9.80. The highest BCUT2D eigenvalue weighted by Gasteiger charge is 2.04. The lowest BCUT2D eigenvalue weighted by atomic mass is 10.1. The molecule has 1 aromatic rings. The maximum absolute atomic E-state index is 4.43. The van der Waals surface area contributed by atoms with Gasteiger partial charge in [-0.3, -0.25) is 0 Å². The zero-order valence-electron chi connectivity index (χ0n) is 8.99. The molecule has 0 radical (unpaired) electrons. The molecule has 74 valence electrons. The molecular weight excluding hydrogens is 172 g/mol. The lowest BCUT2D eigenvalue weighted by Gasteiger charge is -2.05. The van der Waals surface area contributed by atoms with Gasteiger partial charge >= 0.3 is 0 Å². The molecule has 0 aromatic carbocycles. The van der Waals surface area contributed by atoms with Crippen molar-refractivity contribution in [1.29, 1.82) is 0 Å². The Balaban J connectivity index is 3.01. The van der Waals surface area contributed by atoms with E-state index in [4.69, 9.17) is 0 Å². The van der Waals surface area contributed by atoms with Gasteiger partial charge < -0.3 is 0 Å². The summed E-state index contributed by atoms with van der Waals surface area (Å²) in [5, 5.41) is 0. The first-order valence-corrected chi connectivity index (χ1v) is 4.77. The van der Waals surface area contributed by atoms with E-state index < -0.39 is 0 Å². The molecule has 0 N–H and O–H groups in total. The summed E-state index contributed by atoms with van der Waals surface area (Å²) in [6, 6.07) is 0. The number of hydrogen-bond donors (Lipinski definition) is 0. The SMILES string of the molecule is C=C/C=C\c1cnc(C(C)C)nc1C. The monoisotopic (exact) mass is 188 g/mol. The molecule has 0 aliphatic heterocycles. The van der Waals surface area contributed by atoms with Crippen LogP contribution < -0.4 is 0 Å². The average Bonchev–Trinajstić information content (AvgIpc) is 2.15. The van der Waals surface area contributed by atoms with Crippen LogP contribution in [0.2, 0.25) is 0 Å². The molecule has 0 spiro atoms. The van der Waals surface area contributed by atoms with E-state index in [0.29, 0.717) is 5.92 Å². The second kappa shape index (κ2) is 4.70. The van der Waals surface area contributed by atoms with Gasteiger partial charge in [0.15, 0.2) is 0 Å². The number of rotatable bonds is 3. The van der Waals surface area contributed by atoms with Gasteiger partial charge in [0.25, 0.3) is 0 Å². The van der Waals surface area contributed by atoms with Gasteiger partial charge in [0, 0.05) is 23.4 Å². The zero-order chi connectivity index (χ0) is 10.6. The number of aryl methyl sites for hydroxylation is 1. The van der Waals surface area contributed by atoms with Crippen molar-refractivity contribution < 1.29 is 0 Å². The summed E-state index contributed by atoms with van der Waals surface area (Å²) < 4.78 is 0. The van der Waals surface area contributed by atoms with Gasteiger partial charge in [0.2, 0.25) is 0 Å². The van der Waals surface area contributed by atoms with Crippen LogP contribution in [-0.2, 0) is 0 Å². The zero-order valence-corrected chi connectivity index (χ0v) is 8.99. The first-order chi connectivity index (χ1) is 6.65. The van der Waals surface area contributed by atoms with Gasteiger partial charge in [-0.2, -0.15) is 0 Å². The maximum Gasteiger partial charge on any atom is 0.131 e. The van der Waals surface area contributed by atoms with Crippen LogP contribution >= 0.6 is 0 Å². The molecule has 0 aliphatic carbocycles. The molecule has 1 rings (SSSR count). The highest BCUT2D eigenvalue weighted by molar-refractivity contribution is 5.51. The Bertz CT molecular complexity index is 351. The Morgan fingerprint density at radius 3 is 2.64 bits per heavy atom. The summed E-state index contributed by atoms with van der Waals surface area (Å²) in [6.07, 6.45) is 7.46. The van der Waals surface area contributed by atoms with Crippen molar-refractivity contribution in [2.24, 2.45) is 0 Å². The van der Waals surface area contributed by atoms with Crippen molar-refractivity contribution in [2.45, 2.75) is 26.7 Å². The molecule has 0 saturated carbocycles. The molecule has 0 unspecified atom stereocenters. The molecule has 0 aliphatic rings. The first-order valence-electron chi connectivity index (χ1n) is 4.77. The van der Waals surface area contributed by atoms with E-state index in [0.717, 1.165) is 17.1 Å². The number of nitrogens with zero attached hydrogens (tertiary/aromatic N) is 2. The van der Waals surface area contributed by atoms with Crippen molar-refractivity contribution in [3.8, 4) is 0 Å². The molecule has 0 bridgehead atoms. The van der Waals surface area contributed by atoms with Crippen LogP contribution in [0, 0.1) is 6.92 Å². The highest BCUT2D eigenvalue weighted by Crippen LogP contribution is 2.12. The molecule has 2 nitrogen and oxygen atoms in total. The quantitative estimate of drug-likeness (QED) is 0.681. The Morgan fingerprint density at radius 2 is 2.14 bits per heavy atom. The van der Waals surface area contributed by atoms with E-state index in [9.17, 15) is 0 Å². The smallest absolute Gasteiger partial charge is 0.131 e. The fourth-order valence-electron chi connectivity index (χ4n) is 1.11. The first kappa shape index (κ1) is 10.6. The number of aromatic nitrogens is 2. The summed E-state index contributed by atoms with van der Waals surface area (Å²) in [5.74, 6) is 1.28. The summed E-state index contributed by atoms with van der Waals surface area (Å²) >= 11 is 0. The van der Waals surface area contributed by atoms with Gasteiger partial charge in [-0.1, -0.05) is 38.7 Å². The van der Waals surface area contributed by atoms with Crippen LogP contribution in [0.15, 0.2) is 24.9 Å². The largest absolute Gasteiger partial charge is 0.240 e. The normalized spacial score (nSPS) is 11.1. The molecule has 1 aromatic heterocycles. The Kier molecular flexibility index (Phi) is 3.57. The van der Waals surface area contributed by atoms with Crippen molar-refractivity contribution in [2.75, 3.05) is 0 Å². The molecule has 0 amide bonds. The third-order valence-electron chi connectivity index (χ3n) is 1.96. The molecule has 1 heterocycles. The van der Waals surface area contributed by atoms with Crippen LogP contribution in [0.1, 0.15) is 36.8 Å². The van der Waals surface area contributed by atoms with E-state index in [1.54, 1.807) is 6.08 Å². The lowest BCUT2D eigenvalue weighted by molar-refractivity contribution is 0.765. The summed E-state index contributed by atoms with van der Waals surface area (Å²) in [7, 11) is 0. The Hall–Kier alpha value is -1.44. The minimum Gasteiger partial charge on any atom is -0.240 e. The fourth-order valence-corrected chi connectivity index (χ4v) is 1.11. The van der Waals surface area contributed by atoms with Crippen LogP contribution in [-0.4, -0.2) is 9.97 Å². The van der Waals surface area contributed by atoms with Crippen molar-refractivity contribution in [3.05, 3.63) is 42.0 Å². The van der Waals surface area contributed by atoms with Gasteiger partial charge in [-0.25, -0.2) is 9.97 Å². The van der Waals surface area contributed by atoms with Gasteiger partial charge in [-0.05, 0) is 6.92 Å². The predicted octanol–water partition coefficient (Wildman–Crippen LogP) is 3.11. The third kappa shape index (κ3) is 2.52. The molecule has 14 heavy (non-hydrogen) atoms. The number of hydrogen-bond acceptors (Lipinski definition) is 2. The summed E-state index contributed by atoms with van der Waals surface area (Å²) in [5.41, 5.74) is 2.07. The second-order valence-electron chi connectivity index (χ2n) is 3.52. The second-order valence-corrected chi connectivity index (χ2v) is 3.52. The van der Waals surface area contributed by atoms with E-state index >= 15 is 0 Å². The van der Waals surface area contributed by atoms with E-state index in [2.05, 4.69) is 30.4 Å². The van der Waals surface area contributed by atoms with Crippen molar-refractivity contribution in [3.63, 3.8) is 0 Å². The van der Waals surface area contributed by atoms with Gasteiger partial charge in [0.1, 0.15) is 5.82 Å². The molecule has 0 atom stereocenters. The summed E-state index contributed by atoms with van der Waals surface area (Å²) in [4.78, 5) is 8.72. The molecule has 0 fully saturated rings. The van der Waals surface area contributed by atoms with E-state index in [1.165, 1.54) is 0 Å². The van der Waals surface area contributed by atoms with Crippen LogP contribution in [0.25, 0.3) is 6.08 Å². The minimum absolute atomic E-state index is 0.381. The lowest BCUT2D eigenvalue weighted by Crippen LogP contribution is -2.00. The predicted molar refractivity (Wildman–Crippen MR) is 60.1 cm³/mol. The number of allylic oxidation sites excluding steroid dienone is 2.